The fourth-order valence-corrected chi connectivity index (χ4v) is 3.07. The third-order valence-corrected chi connectivity index (χ3v) is 4.84. The van der Waals surface area contributed by atoms with E-state index in [4.69, 9.17) is 5.26 Å². The number of sulfonamides is 1. The molecule has 2 aromatic carbocycles. The Hall–Kier alpha value is -2.39. The van der Waals surface area contributed by atoms with E-state index in [0.29, 0.717) is 0 Å². The molecular formula is C15H13FN2O2S. The molecule has 0 N–H and O–H groups in total. The predicted molar refractivity (Wildman–Crippen MR) is 77.7 cm³/mol. The molecule has 0 unspecified atom stereocenters. The van der Waals surface area contributed by atoms with Gasteiger partial charge in [-0.25, -0.2) is 12.8 Å². The van der Waals surface area contributed by atoms with Gasteiger partial charge in [0.25, 0.3) is 10.0 Å². The van der Waals surface area contributed by atoms with Gasteiger partial charge in [0, 0.05) is 7.05 Å². The van der Waals surface area contributed by atoms with Crippen LogP contribution in [0.5, 0.6) is 0 Å². The van der Waals surface area contributed by atoms with Gasteiger partial charge in [-0.2, -0.15) is 5.26 Å². The molecule has 0 heterocycles. The minimum Gasteiger partial charge on any atom is -0.266 e. The van der Waals surface area contributed by atoms with Crippen LogP contribution in [0, 0.1) is 17.1 Å². The van der Waals surface area contributed by atoms with Gasteiger partial charge in [-0.1, -0.05) is 24.3 Å². The lowest BCUT2D eigenvalue weighted by molar-refractivity contribution is 0.589. The zero-order valence-electron chi connectivity index (χ0n) is 11.3. The van der Waals surface area contributed by atoms with Crippen LogP contribution in [0.25, 0.3) is 0 Å². The summed E-state index contributed by atoms with van der Waals surface area (Å²) in [5.41, 5.74) is 0.712. The summed E-state index contributed by atoms with van der Waals surface area (Å²) in [6.07, 6.45) is 0.212. The van der Waals surface area contributed by atoms with Crippen molar-refractivity contribution >= 4 is 15.7 Å². The molecule has 0 atom stereocenters. The Morgan fingerprint density at radius 1 is 1.14 bits per heavy atom. The fourth-order valence-electron chi connectivity index (χ4n) is 1.87. The van der Waals surface area contributed by atoms with E-state index in [2.05, 4.69) is 0 Å². The summed E-state index contributed by atoms with van der Waals surface area (Å²) >= 11 is 0. The topological polar surface area (TPSA) is 61.2 Å². The molecule has 6 heteroatoms. The third kappa shape index (κ3) is 3.03. The average molecular weight is 304 g/mol. The van der Waals surface area contributed by atoms with Crippen molar-refractivity contribution in [3.05, 3.63) is 59.9 Å². The Bertz CT molecular complexity index is 780. The number of nitriles is 1. The van der Waals surface area contributed by atoms with E-state index in [0.717, 1.165) is 9.87 Å². The van der Waals surface area contributed by atoms with Crippen LogP contribution in [0.4, 0.5) is 10.1 Å². The molecule has 108 valence electrons. The molecule has 0 aliphatic heterocycles. The van der Waals surface area contributed by atoms with Crippen LogP contribution in [-0.4, -0.2) is 15.5 Å². The summed E-state index contributed by atoms with van der Waals surface area (Å²) in [4.78, 5) is 0.0509. The van der Waals surface area contributed by atoms with E-state index in [-0.39, 0.29) is 17.0 Å². The van der Waals surface area contributed by atoms with Gasteiger partial charge in [0.15, 0.2) is 0 Å². The second-order valence-corrected chi connectivity index (χ2v) is 6.37. The maximum Gasteiger partial charge on any atom is 0.264 e. The molecule has 0 saturated carbocycles. The molecule has 0 aliphatic rings. The smallest absolute Gasteiger partial charge is 0.264 e. The van der Waals surface area contributed by atoms with Crippen molar-refractivity contribution in [1.82, 2.24) is 0 Å². The van der Waals surface area contributed by atoms with Gasteiger partial charge in [0.1, 0.15) is 5.82 Å². The van der Waals surface area contributed by atoms with Crippen molar-refractivity contribution < 1.29 is 12.8 Å². The van der Waals surface area contributed by atoms with E-state index in [1.165, 1.54) is 37.4 Å². The molecule has 0 aliphatic carbocycles. The number of nitrogens with zero attached hydrogens (tertiary/aromatic N) is 2. The first-order valence-corrected chi connectivity index (χ1v) is 7.60. The number of hydrogen-bond donors (Lipinski definition) is 0. The quantitative estimate of drug-likeness (QED) is 0.872. The lowest BCUT2D eigenvalue weighted by Gasteiger charge is -2.20. The maximum absolute atomic E-state index is 13.7. The molecule has 0 radical (unpaired) electrons. The first-order valence-electron chi connectivity index (χ1n) is 6.16. The molecule has 2 aromatic rings. The Kier molecular flexibility index (Phi) is 4.24. The number of hydrogen-bond acceptors (Lipinski definition) is 3. The van der Waals surface area contributed by atoms with Crippen molar-refractivity contribution in [3.63, 3.8) is 0 Å². The van der Waals surface area contributed by atoms with Gasteiger partial charge in [0.05, 0.1) is 23.1 Å². The SMILES string of the molecule is CN(c1ccccc1F)S(=O)(=O)c1ccc(CC#N)cc1. The largest absolute Gasteiger partial charge is 0.266 e. The molecular weight excluding hydrogens is 291 g/mol. The lowest BCUT2D eigenvalue weighted by atomic mass is 10.2. The van der Waals surface area contributed by atoms with Crippen molar-refractivity contribution in [2.75, 3.05) is 11.4 Å². The first-order chi connectivity index (χ1) is 9.96. The van der Waals surface area contributed by atoms with Crippen LogP contribution in [0.15, 0.2) is 53.4 Å². The summed E-state index contributed by atoms with van der Waals surface area (Å²) in [5.74, 6) is -0.607. The van der Waals surface area contributed by atoms with Crippen LogP contribution in [0.3, 0.4) is 0 Å². The zero-order chi connectivity index (χ0) is 15.5. The second-order valence-electron chi connectivity index (χ2n) is 4.40. The zero-order valence-corrected chi connectivity index (χ0v) is 12.1. The summed E-state index contributed by atoms with van der Waals surface area (Å²) in [6, 6.07) is 13.6. The van der Waals surface area contributed by atoms with E-state index in [1.807, 2.05) is 6.07 Å². The van der Waals surface area contributed by atoms with Gasteiger partial charge in [-0.15, -0.1) is 0 Å². The number of para-hydroxylation sites is 1. The Labute approximate surface area is 123 Å². The van der Waals surface area contributed by atoms with Crippen LogP contribution < -0.4 is 4.31 Å². The molecule has 0 spiro atoms. The van der Waals surface area contributed by atoms with E-state index in [9.17, 15) is 12.8 Å². The highest BCUT2D eigenvalue weighted by molar-refractivity contribution is 7.92. The Morgan fingerprint density at radius 2 is 1.76 bits per heavy atom. The standard InChI is InChI=1S/C15H13FN2O2S/c1-18(15-5-3-2-4-14(15)16)21(19,20)13-8-6-12(7-9-13)10-11-17/h2-9H,10H2,1H3. The molecule has 4 nitrogen and oxygen atoms in total. The molecule has 0 fully saturated rings. The number of anilines is 1. The first kappa shape index (κ1) is 15.0. The van der Waals surface area contributed by atoms with Crippen LogP contribution >= 0.6 is 0 Å². The molecule has 2 rings (SSSR count). The average Bonchev–Trinajstić information content (AvgIpc) is 2.48. The number of halogens is 1. The maximum atomic E-state index is 13.7. The lowest BCUT2D eigenvalue weighted by Crippen LogP contribution is -2.27. The second kappa shape index (κ2) is 5.94. The highest BCUT2D eigenvalue weighted by Gasteiger charge is 2.23. The van der Waals surface area contributed by atoms with Crippen LogP contribution in [0.2, 0.25) is 0 Å². The summed E-state index contributed by atoms with van der Waals surface area (Å²) in [7, 11) is -2.53. The Morgan fingerprint density at radius 3 is 2.33 bits per heavy atom. The predicted octanol–water partition coefficient (Wildman–Crippen LogP) is 2.72. The normalized spacial score (nSPS) is 10.9. The van der Waals surface area contributed by atoms with Gasteiger partial charge in [0.2, 0.25) is 0 Å². The molecule has 0 bridgehead atoms. The highest BCUT2D eigenvalue weighted by Crippen LogP contribution is 2.24. The van der Waals surface area contributed by atoms with E-state index >= 15 is 0 Å². The van der Waals surface area contributed by atoms with E-state index < -0.39 is 15.8 Å². The van der Waals surface area contributed by atoms with Crippen LogP contribution in [-0.2, 0) is 16.4 Å². The summed E-state index contributed by atoms with van der Waals surface area (Å²) in [5, 5.41) is 8.60. The van der Waals surface area contributed by atoms with Crippen molar-refractivity contribution in [1.29, 1.82) is 5.26 Å². The monoisotopic (exact) mass is 304 g/mol. The fraction of sp³-hybridized carbons (Fsp3) is 0.133. The van der Waals surface area contributed by atoms with Gasteiger partial charge in [-0.3, -0.25) is 4.31 Å². The van der Waals surface area contributed by atoms with Gasteiger partial charge in [-0.05, 0) is 29.8 Å². The highest BCUT2D eigenvalue weighted by atomic mass is 32.2. The minimum absolute atomic E-state index is 0.0152. The molecule has 0 saturated heterocycles. The molecule has 0 amide bonds. The van der Waals surface area contributed by atoms with Gasteiger partial charge >= 0.3 is 0 Å². The van der Waals surface area contributed by atoms with E-state index in [1.54, 1.807) is 18.2 Å². The summed E-state index contributed by atoms with van der Waals surface area (Å²) < 4.78 is 39.5. The minimum atomic E-state index is -3.84. The summed E-state index contributed by atoms with van der Waals surface area (Å²) in [6.45, 7) is 0. The van der Waals surface area contributed by atoms with Crippen molar-refractivity contribution in [2.45, 2.75) is 11.3 Å². The van der Waals surface area contributed by atoms with Gasteiger partial charge < -0.3 is 0 Å². The third-order valence-electron chi connectivity index (χ3n) is 3.06. The van der Waals surface area contributed by atoms with Crippen molar-refractivity contribution in [2.24, 2.45) is 0 Å². The van der Waals surface area contributed by atoms with Crippen LogP contribution in [0.1, 0.15) is 5.56 Å². The molecule has 0 aromatic heterocycles. The Balaban J connectivity index is 2.38. The van der Waals surface area contributed by atoms with Crippen molar-refractivity contribution in [3.8, 4) is 6.07 Å². The number of benzene rings is 2. The number of rotatable bonds is 4. The molecule has 21 heavy (non-hydrogen) atoms.